The van der Waals surface area contributed by atoms with Crippen LogP contribution in [0.25, 0.3) is 0 Å². The molecule has 0 bridgehead atoms. The number of benzene rings is 1. The highest BCUT2D eigenvalue weighted by Crippen LogP contribution is 2.22. The number of alkyl halides is 1. The highest BCUT2D eigenvalue weighted by atomic mass is 79.9. The summed E-state index contributed by atoms with van der Waals surface area (Å²) in [6.45, 7) is 4.21. The summed E-state index contributed by atoms with van der Waals surface area (Å²) in [6.07, 6.45) is 2.09. The van der Waals surface area contributed by atoms with Crippen molar-refractivity contribution in [3.05, 3.63) is 29.3 Å². The molecular formula is C16H22BrNO3. The number of likely N-dealkylation sites (tertiary alicyclic amines) is 1. The van der Waals surface area contributed by atoms with Crippen molar-refractivity contribution in [1.82, 2.24) is 4.90 Å². The normalized spacial score (nSPS) is 16.0. The first kappa shape index (κ1) is 16.3. The SMILES string of the molecule is COc1cc(C(=O)N2CCC(OCCBr)CC2)ccc1C. The zero-order valence-corrected chi connectivity index (χ0v) is 14.2. The Hall–Kier alpha value is -1.07. The molecule has 0 N–H and O–H groups in total. The third-order valence-corrected chi connectivity index (χ3v) is 4.14. The number of hydrogen-bond donors (Lipinski definition) is 0. The van der Waals surface area contributed by atoms with Crippen LogP contribution in [0, 0.1) is 6.92 Å². The minimum Gasteiger partial charge on any atom is -0.496 e. The van der Waals surface area contributed by atoms with Gasteiger partial charge in [-0.3, -0.25) is 4.79 Å². The second-order valence-electron chi connectivity index (χ2n) is 5.24. The Morgan fingerprint density at radius 3 is 2.71 bits per heavy atom. The minimum absolute atomic E-state index is 0.0761. The van der Waals surface area contributed by atoms with E-state index in [1.54, 1.807) is 7.11 Å². The molecule has 0 radical (unpaired) electrons. The van der Waals surface area contributed by atoms with Crippen molar-refractivity contribution in [3.63, 3.8) is 0 Å². The number of aryl methyl sites for hydroxylation is 1. The molecule has 1 saturated heterocycles. The molecule has 1 aromatic rings. The summed E-state index contributed by atoms with van der Waals surface area (Å²) in [7, 11) is 1.63. The number of hydrogen-bond acceptors (Lipinski definition) is 3. The number of carbonyl (C=O) groups excluding carboxylic acids is 1. The second kappa shape index (κ2) is 7.80. The molecule has 116 valence electrons. The summed E-state index contributed by atoms with van der Waals surface area (Å²) >= 11 is 3.36. The van der Waals surface area contributed by atoms with Crippen LogP contribution < -0.4 is 4.74 Å². The van der Waals surface area contributed by atoms with Crippen molar-refractivity contribution in [3.8, 4) is 5.75 Å². The number of methoxy groups -OCH3 is 1. The highest BCUT2D eigenvalue weighted by Gasteiger charge is 2.24. The van der Waals surface area contributed by atoms with E-state index in [4.69, 9.17) is 9.47 Å². The molecular weight excluding hydrogens is 334 g/mol. The van der Waals surface area contributed by atoms with E-state index in [9.17, 15) is 4.79 Å². The van der Waals surface area contributed by atoms with Crippen LogP contribution in [0.5, 0.6) is 5.75 Å². The van der Waals surface area contributed by atoms with Crippen LogP contribution in [0.1, 0.15) is 28.8 Å². The lowest BCUT2D eigenvalue weighted by Gasteiger charge is -2.32. The van der Waals surface area contributed by atoms with E-state index in [0.29, 0.717) is 5.56 Å². The first-order chi connectivity index (χ1) is 10.2. The first-order valence-electron chi connectivity index (χ1n) is 7.27. The number of ether oxygens (including phenoxy) is 2. The summed E-state index contributed by atoms with van der Waals surface area (Å²) < 4.78 is 11.0. The van der Waals surface area contributed by atoms with E-state index in [1.807, 2.05) is 30.0 Å². The fourth-order valence-electron chi connectivity index (χ4n) is 2.57. The minimum atomic E-state index is 0.0761. The molecule has 0 saturated carbocycles. The van der Waals surface area contributed by atoms with E-state index < -0.39 is 0 Å². The quantitative estimate of drug-likeness (QED) is 0.762. The maximum absolute atomic E-state index is 12.5. The number of piperidine rings is 1. The van der Waals surface area contributed by atoms with Crippen LogP contribution in [-0.2, 0) is 4.74 Å². The second-order valence-corrected chi connectivity index (χ2v) is 6.03. The van der Waals surface area contributed by atoms with Crippen LogP contribution in [-0.4, -0.2) is 49.0 Å². The molecule has 1 amide bonds. The van der Waals surface area contributed by atoms with Gasteiger partial charge >= 0.3 is 0 Å². The zero-order valence-electron chi connectivity index (χ0n) is 12.6. The van der Waals surface area contributed by atoms with Crippen molar-refractivity contribution in [2.45, 2.75) is 25.9 Å². The maximum atomic E-state index is 12.5. The lowest BCUT2D eigenvalue weighted by atomic mass is 10.1. The number of rotatable bonds is 5. The summed E-state index contributed by atoms with van der Waals surface area (Å²) in [5.41, 5.74) is 1.73. The van der Waals surface area contributed by atoms with Gasteiger partial charge in [0, 0.05) is 24.0 Å². The lowest BCUT2D eigenvalue weighted by Crippen LogP contribution is -2.41. The topological polar surface area (TPSA) is 38.8 Å². The molecule has 0 atom stereocenters. The molecule has 0 spiro atoms. The van der Waals surface area contributed by atoms with Crippen molar-refractivity contribution in [1.29, 1.82) is 0 Å². The van der Waals surface area contributed by atoms with Gasteiger partial charge in [0.25, 0.3) is 5.91 Å². The number of carbonyl (C=O) groups is 1. The average Bonchev–Trinajstić information content (AvgIpc) is 2.53. The van der Waals surface area contributed by atoms with Gasteiger partial charge in [0.1, 0.15) is 5.75 Å². The van der Waals surface area contributed by atoms with Gasteiger partial charge in [-0.2, -0.15) is 0 Å². The molecule has 1 fully saturated rings. The molecule has 5 heteroatoms. The standard InChI is InChI=1S/C16H22BrNO3/c1-12-3-4-13(11-15(12)20-2)16(19)18-8-5-14(6-9-18)21-10-7-17/h3-4,11,14H,5-10H2,1-2H3. The monoisotopic (exact) mass is 355 g/mol. The Morgan fingerprint density at radius 1 is 1.38 bits per heavy atom. The van der Waals surface area contributed by atoms with Crippen molar-refractivity contribution >= 4 is 21.8 Å². The Morgan fingerprint density at radius 2 is 2.10 bits per heavy atom. The fourth-order valence-corrected chi connectivity index (χ4v) is 2.76. The van der Waals surface area contributed by atoms with E-state index in [-0.39, 0.29) is 12.0 Å². The predicted molar refractivity (Wildman–Crippen MR) is 86.4 cm³/mol. The van der Waals surface area contributed by atoms with Gasteiger partial charge in [-0.15, -0.1) is 0 Å². The Balaban J connectivity index is 1.95. The van der Waals surface area contributed by atoms with Gasteiger partial charge in [-0.05, 0) is 37.5 Å². The predicted octanol–water partition coefficient (Wildman–Crippen LogP) is 3.02. The van der Waals surface area contributed by atoms with Crippen LogP contribution in [0.3, 0.4) is 0 Å². The van der Waals surface area contributed by atoms with Crippen molar-refractivity contribution in [2.24, 2.45) is 0 Å². The van der Waals surface area contributed by atoms with Gasteiger partial charge < -0.3 is 14.4 Å². The lowest BCUT2D eigenvalue weighted by molar-refractivity contribution is 0.0160. The number of halogens is 1. The third-order valence-electron chi connectivity index (χ3n) is 3.81. The Labute approximate surface area is 134 Å². The molecule has 1 heterocycles. The summed E-state index contributed by atoms with van der Waals surface area (Å²) in [5, 5.41) is 0.856. The van der Waals surface area contributed by atoms with Gasteiger partial charge in [0.15, 0.2) is 0 Å². The molecule has 1 aromatic carbocycles. The van der Waals surface area contributed by atoms with Gasteiger partial charge in [-0.1, -0.05) is 22.0 Å². The zero-order chi connectivity index (χ0) is 15.2. The van der Waals surface area contributed by atoms with Gasteiger partial charge in [0.2, 0.25) is 0 Å². The van der Waals surface area contributed by atoms with Gasteiger partial charge in [-0.25, -0.2) is 0 Å². The van der Waals surface area contributed by atoms with E-state index in [2.05, 4.69) is 15.9 Å². The van der Waals surface area contributed by atoms with Crippen molar-refractivity contribution < 1.29 is 14.3 Å². The first-order valence-corrected chi connectivity index (χ1v) is 8.39. The molecule has 4 nitrogen and oxygen atoms in total. The van der Waals surface area contributed by atoms with Crippen LogP contribution in [0.4, 0.5) is 0 Å². The van der Waals surface area contributed by atoms with Crippen molar-refractivity contribution in [2.75, 3.05) is 32.1 Å². The smallest absolute Gasteiger partial charge is 0.253 e. The largest absolute Gasteiger partial charge is 0.496 e. The van der Waals surface area contributed by atoms with Crippen LogP contribution in [0.2, 0.25) is 0 Å². The summed E-state index contributed by atoms with van der Waals surface area (Å²) in [5.74, 6) is 0.837. The Bertz CT molecular complexity index is 484. The molecule has 1 aliphatic heterocycles. The summed E-state index contributed by atoms with van der Waals surface area (Å²) in [6, 6.07) is 5.62. The van der Waals surface area contributed by atoms with Gasteiger partial charge in [0.05, 0.1) is 19.8 Å². The molecule has 0 unspecified atom stereocenters. The molecule has 0 aliphatic carbocycles. The molecule has 21 heavy (non-hydrogen) atoms. The summed E-state index contributed by atoms with van der Waals surface area (Å²) in [4.78, 5) is 14.4. The molecule has 1 aliphatic rings. The van der Waals surface area contributed by atoms with E-state index in [0.717, 1.165) is 49.2 Å². The third kappa shape index (κ3) is 4.20. The van der Waals surface area contributed by atoms with E-state index in [1.165, 1.54) is 0 Å². The molecule has 2 rings (SSSR count). The highest BCUT2D eigenvalue weighted by molar-refractivity contribution is 9.09. The fraction of sp³-hybridized carbons (Fsp3) is 0.562. The molecule has 0 aromatic heterocycles. The number of nitrogens with zero attached hydrogens (tertiary/aromatic N) is 1. The maximum Gasteiger partial charge on any atom is 0.253 e. The average molecular weight is 356 g/mol. The van der Waals surface area contributed by atoms with Crippen LogP contribution in [0.15, 0.2) is 18.2 Å². The van der Waals surface area contributed by atoms with Crippen LogP contribution >= 0.6 is 15.9 Å². The number of amides is 1. The Kier molecular flexibility index (Phi) is 6.06. The van der Waals surface area contributed by atoms with E-state index >= 15 is 0 Å².